The quantitative estimate of drug-likeness (QED) is 0.651. The molecule has 0 aliphatic carbocycles. The fourth-order valence-electron chi connectivity index (χ4n) is 4.20. The van der Waals surface area contributed by atoms with Gasteiger partial charge in [-0.2, -0.15) is 0 Å². The largest absolute Gasteiger partial charge is 0.384 e. The molecular weight excluding hydrogens is 344 g/mol. The number of aromatic nitrogens is 1. The molecule has 1 unspecified atom stereocenters. The minimum atomic E-state index is 0.490. The molecular formula is C24H30N4. The Morgan fingerprint density at radius 1 is 1.04 bits per heavy atom. The summed E-state index contributed by atoms with van der Waals surface area (Å²) in [5.74, 6) is 0. The lowest BCUT2D eigenvalue weighted by Gasteiger charge is -2.40. The normalized spacial score (nSPS) is 18.4. The third-order valence-electron chi connectivity index (χ3n) is 5.79. The summed E-state index contributed by atoms with van der Waals surface area (Å²) in [5, 5.41) is 4.85. The van der Waals surface area contributed by atoms with Gasteiger partial charge in [-0.15, -0.1) is 0 Å². The van der Waals surface area contributed by atoms with E-state index in [0.29, 0.717) is 6.04 Å². The van der Waals surface area contributed by atoms with Gasteiger partial charge in [-0.25, -0.2) is 0 Å². The van der Waals surface area contributed by atoms with E-state index in [0.717, 1.165) is 44.7 Å². The van der Waals surface area contributed by atoms with Crippen molar-refractivity contribution >= 4 is 16.6 Å². The molecule has 1 N–H and O–H groups in total. The molecule has 1 aliphatic rings. The van der Waals surface area contributed by atoms with Gasteiger partial charge in [-0.3, -0.25) is 9.88 Å². The smallest absolute Gasteiger partial charge is 0.0751 e. The van der Waals surface area contributed by atoms with Crippen molar-refractivity contribution in [3.63, 3.8) is 0 Å². The van der Waals surface area contributed by atoms with E-state index >= 15 is 0 Å². The van der Waals surface area contributed by atoms with Crippen LogP contribution in [0, 0.1) is 6.92 Å². The predicted molar refractivity (Wildman–Crippen MR) is 118 cm³/mol. The number of hydrogen-bond donors (Lipinski definition) is 1. The van der Waals surface area contributed by atoms with E-state index in [9.17, 15) is 0 Å². The van der Waals surface area contributed by atoms with Crippen LogP contribution in [0.3, 0.4) is 0 Å². The number of piperazine rings is 1. The van der Waals surface area contributed by atoms with E-state index in [1.807, 2.05) is 6.20 Å². The van der Waals surface area contributed by atoms with Crippen LogP contribution in [0.1, 0.15) is 23.6 Å². The minimum Gasteiger partial charge on any atom is -0.384 e. The first-order chi connectivity index (χ1) is 13.7. The summed E-state index contributed by atoms with van der Waals surface area (Å²) in [6.07, 6.45) is 3.03. The maximum atomic E-state index is 4.54. The molecule has 0 spiro atoms. The number of fused-ring (bicyclic) bond motifs is 1. The van der Waals surface area contributed by atoms with E-state index in [-0.39, 0.29) is 0 Å². The Kier molecular flexibility index (Phi) is 5.89. The molecule has 4 heteroatoms. The Morgan fingerprint density at radius 3 is 2.75 bits per heavy atom. The van der Waals surface area contributed by atoms with Crippen molar-refractivity contribution in [3.05, 3.63) is 71.9 Å². The summed E-state index contributed by atoms with van der Waals surface area (Å²) in [6.45, 7) is 7.59. The summed E-state index contributed by atoms with van der Waals surface area (Å²) in [6, 6.07) is 19.9. The number of pyridine rings is 1. The van der Waals surface area contributed by atoms with Crippen molar-refractivity contribution in [2.24, 2.45) is 0 Å². The third kappa shape index (κ3) is 4.18. The van der Waals surface area contributed by atoms with Gasteiger partial charge < -0.3 is 10.2 Å². The van der Waals surface area contributed by atoms with Crippen LogP contribution in [0.15, 0.2) is 60.8 Å². The second-order valence-corrected chi connectivity index (χ2v) is 7.83. The maximum absolute atomic E-state index is 4.54. The zero-order chi connectivity index (χ0) is 19.3. The maximum Gasteiger partial charge on any atom is 0.0751 e. The number of hydrogen-bond acceptors (Lipinski definition) is 4. The molecule has 2 aromatic carbocycles. The third-order valence-corrected chi connectivity index (χ3v) is 5.79. The van der Waals surface area contributed by atoms with E-state index in [1.165, 1.54) is 22.2 Å². The van der Waals surface area contributed by atoms with Gasteiger partial charge >= 0.3 is 0 Å². The standard InChI is InChI=1S/C24H30N4/c1-19-8-6-11-21-22(12-14-26-24(19)21)25-13-7-15-28-17-16-27(2)18-23(28)20-9-4-3-5-10-20/h3-6,8-12,14,23H,7,13,15-18H2,1-2H3,(H,25,26). The number of benzene rings is 2. The Labute approximate surface area is 168 Å². The molecule has 3 aromatic rings. The monoisotopic (exact) mass is 374 g/mol. The average molecular weight is 375 g/mol. The number of para-hydroxylation sites is 1. The lowest BCUT2D eigenvalue weighted by Crippen LogP contribution is -2.47. The van der Waals surface area contributed by atoms with E-state index in [1.54, 1.807) is 0 Å². The summed E-state index contributed by atoms with van der Waals surface area (Å²) in [4.78, 5) is 9.63. The van der Waals surface area contributed by atoms with Gasteiger partial charge in [0.15, 0.2) is 0 Å². The number of likely N-dealkylation sites (N-methyl/N-ethyl adjacent to an activating group) is 1. The molecule has 0 amide bonds. The van der Waals surface area contributed by atoms with Gasteiger partial charge in [0.25, 0.3) is 0 Å². The van der Waals surface area contributed by atoms with E-state index in [4.69, 9.17) is 0 Å². The predicted octanol–water partition coefficient (Wildman–Crippen LogP) is 4.33. The van der Waals surface area contributed by atoms with Crippen molar-refractivity contribution in [1.29, 1.82) is 0 Å². The van der Waals surface area contributed by atoms with Gasteiger partial charge in [0.05, 0.1) is 5.52 Å². The van der Waals surface area contributed by atoms with Crippen LogP contribution in [0.5, 0.6) is 0 Å². The summed E-state index contributed by atoms with van der Waals surface area (Å²) in [5.41, 5.74) is 4.93. The van der Waals surface area contributed by atoms with E-state index < -0.39 is 0 Å². The second-order valence-electron chi connectivity index (χ2n) is 7.83. The first-order valence-electron chi connectivity index (χ1n) is 10.3. The SMILES string of the molecule is Cc1cccc2c(NCCCN3CCN(C)CC3c3ccccc3)ccnc12. The Hall–Kier alpha value is -2.43. The molecule has 0 bridgehead atoms. The molecule has 28 heavy (non-hydrogen) atoms. The first kappa shape index (κ1) is 18.9. The minimum absolute atomic E-state index is 0.490. The van der Waals surface area contributed by atoms with Crippen LogP contribution in [0.25, 0.3) is 10.9 Å². The van der Waals surface area contributed by atoms with Crippen LogP contribution in [0.2, 0.25) is 0 Å². The van der Waals surface area contributed by atoms with Crippen LogP contribution in [0.4, 0.5) is 5.69 Å². The molecule has 2 heterocycles. The molecule has 1 aromatic heterocycles. The highest BCUT2D eigenvalue weighted by molar-refractivity contribution is 5.92. The number of anilines is 1. The second kappa shape index (κ2) is 8.72. The topological polar surface area (TPSA) is 31.4 Å². The molecule has 1 saturated heterocycles. The first-order valence-corrected chi connectivity index (χ1v) is 10.3. The number of nitrogens with one attached hydrogen (secondary N) is 1. The summed E-state index contributed by atoms with van der Waals surface area (Å²) < 4.78 is 0. The van der Waals surface area contributed by atoms with Gasteiger partial charge in [-0.05, 0) is 37.6 Å². The van der Waals surface area contributed by atoms with Crippen molar-refractivity contribution in [3.8, 4) is 0 Å². The average Bonchev–Trinajstić information content (AvgIpc) is 2.73. The molecule has 1 fully saturated rings. The summed E-state index contributed by atoms with van der Waals surface area (Å²) in [7, 11) is 2.23. The Balaban J connectivity index is 1.38. The molecule has 0 saturated carbocycles. The zero-order valence-corrected chi connectivity index (χ0v) is 16.9. The molecule has 1 aliphatic heterocycles. The Bertz CT molecular complexity index is 909. The highest BCUT2D eigenvalue weighted by Crippen LogP contribution is 2.26. The van der Waals surface area contributed by atoms with Gasteiger partial charge in [-0.1, -0.05) is 48.5 Å². The fraction of sp³-hybridized carbons (Fsp3) is 0.375. The Morgan fingerprint density at radius 2 is 1.89 bits per heavy atom. The molecule has 0 radical (unpaired) electrons. The fourth-order valence-corrected chi connectivity index (χ4v) is 4.20. The van der Waals surface area contributed by atoms with Crippen molar-refractivity contribution < 1.29 is 0 Å². The van der Waals surface area contributed by atoms with Gasteiger partial charge in [0.2, 0.25) is 0 Å². The van der Waals surface area contributed by atoms with Gasteiger partial charge in [0, 0.05) is 56.0 Å². The van der Waals surface area contributed by atoms with E-state index in [2.05, 4.69) is 88.7 Å². The van der Waals surface area contributed by atoms with Crippen LogP contribution in [-0.2, 0) is 0 Å². The van der Waals surface area contributed by atoms with Crippen molar-refractivity contribution in [2.75, 3.05) is 45.1 Å². The number of nitrogens with zero attached hydrogens (tertiary/aromatic N) is 3. The molecule has 4 rings (SSSR count). The number of rotatable bonds is 6. The highest BCUT2D eigenvalue weighted by atomic mass is 15.3. The lowest BCUT2D eigenvalue weighted by atomic mass is 10.0. The van der Waals surface area contributed by atoms with Crippen molar-refractivity contribution in [2.45, 2.75) is 19.4 Å². The molecule has 4 nitrogen and oxygen atoms in total. The van der Waals surface area contributed by atoms with Crippen molar-refractivity contribution in [1.82, 2.24) is 14.8 Å². The van der Waals surface area contributed by atoms with Crippen LogP contribution in [-0.4, -0.2) is 54.6 Å². The lowest BCUT2D eigenvalue weighted by molar-refractivity contribution is 0.0897. The highest BCUT2D eigenvalue weighted by Gasteiger charge is 2.25. The number of aryl methyl sites for hydroxylation is 1. The zero-order valence-electron chi connectivity index (χ0n) is 16.9. The van der Waals surface area contributed by atoms with Crippen LogP contribution < -0.4 is 5.32 Å². The van der Waals surface area contributed by atoms with Gasteiger partial charge in [0.1, 0.15) is 0 Å². The molecule has 146 valence electrons. The van der Waals surface area contributed by atoms with Crippen LogP contribution >= 0.6 is 0 Å². The summed E-state index contributed by atoms with van der Waals surface area (Å²) >= 11 is 0. The molecule has 1 atom stereocenters.